The molecular formula is C29H29N5O3. The van der Waals surface area contributed by atoms with Crippen LogP contribution in [-0.2, 0) is 9.59 Å². The minimum Gasteiger partial charge on any atom is -0.481 e. The predicted molar refractivity (Wildman–Crippen MR) is 140 cm³/mol. The summed E-state index contributed by atoms with van der Waals surface area (Å²) in [6.07, 6.45) is 7.32. The highest BCUT2D eigenvalue weighted by Crippen LogP contribution is 2.27. The van der Waals surface area contributed by atoms with Crippen molar-refractivity contribution in [1.82, 2.24) is 19.9 Å². The number of hydrogen-bond donors (Lipinski definition) is 3. The lowest BCUT2D eigenvalue weighted by molar-refractivity contribution is -0.139. The second-order valence-corrected chi connectivity index (χ2v) is 9.40. The fourth-order valence-corrected chi connectivity index (χ4v) is 4.33. The molecule has 188 valence electrons. The summed E-state index contributed by atoms with van der Waals surface area (Å²) in [5.74, 6) is -1.28. The molecule has 8 heteroatoms. The number of amides is 1. The molecule has 1 unspecified atom stereocenters. The third-order valence-corrected chi connectivity index (χ3v) is 6.20. The van der Waals surface area contributed by atoms with Gasteiger partial charge in [0.2, 0.25) is 5.91 Å². The molecule has 0 aliphatic carbocycles. The number of benzene rings is 2. The van der Waals surface area contributed by atoms with E-state index in [9.17, 15) is 14.7 Å². The summed E-state index contributed by atoms with van der Waals surface area (Å²) in [5, 5.41) is 21.5. The number of nitrogens with zero attached hydrogens (tertiary/aromatic N) is 3. The second kappa shape index (κ2) is 11.4. The Hall–Kier alpha value is -4.64. The molecule has 0 radical (unpaired) electrons. The predicted octanol–water partition coefficient (Wildman–Crippen LogP) is 5.20. The van der Waals surface area contributed by atoms with Crippen LogP contribution in [0.15, 0.2) is 79.4 Å². The molecule has 4 rings (SSSR count). The first-order valence-corrected chi connectivity index (χ1v) is 12.1. The number of carbonyl (C=O) groups excluding carboxylic acids is 1. The van der Waals surface area contributed by atoms with Crippen LogP contribution >= 0.6 is 0 Å². The molecule has 2 atom stereocenters. The van der Waals surface area contributed by atoms with Gasteiger partial charge >= 0.3 is 5.97 Å². The van der Waals surface area contributed by atoms with E-state index in [4.69, 9.17) is 5.26 Å². The van der Waals surface area contributed by atoms with Crippen LogP contribution in [-0.4, -0.2) is 31.5 Å². The summed E-state index contributed by atoms with van der Waals surface area (Å²) >= 11 is 0. The first-order chi connectivity index (χ1) is 17.8. The highest BCUT2D eigenvalue weighted by Gasteiger charge is 2.28. The molecule has 0 aliphatic rings. The normalized spacial score (nSPS) is 12.6. The molecule has 2 heterocycles. The van der Waals surface area contributed by atoms with Crippen molar-refractivity contribution in [2.24, 2.45) is 5.92 Å². The van der Waals surface area contributed by atoms with Crippen LogP contribution in [0.2, 0.25) is 0 Å². The zero-order chi connectivity index (χ0) is 26.4. The van der Waals surface area contributed by atoms with Gasteiger partial charge in [0, 0.05) is 30.5 Å². The maximum absolute atomic E-state index is 13.3. The maximum atomic E-state index is 13.3. The Morgan fingerprint density at radius 3 is 2.32 bits per heavy atom. The number of aromatic nitrogens is 3. The van der Waals surface area contributed by atoms with Gasteiger partial charge < -0.3 is 20.0 Å². The van der Waals surface area contributed by atoms with Crippen molar-refractivity contribution in [2.45, 2.75) is 38.6 Å². The van der Waals surface area contributed by atoms with Crippen LogP contribution in [0.3, 0.4) is 0 Å². The monoisotopic (exact) mass is 495 g/mol. The molecule has 3 N–H and O–H groups in total. The highest BCUT2D eigenvalue weighted by atomic mass is 16.4. The number of aromatic amines is 1. The minimum atomic E-state index is -1.04. The summed E-state index contributed by atoms with van der Waals surface area (Å²) < 4.78 is 1.87. The summed E-state index contributed by atoms with van der Waals surface area (Å²) in [4.78, 5) is 32.3. The fourth-order valence-electron chi connectivity index (χ4n) is 4.33. The van der Waals surface area contributed by atoms with Crippen molar-refractivity contribution in [3.8, 4) is 22.9 Å². The van der Waals surface area contributed by atoms with E-state index < -0.39 is 11.9 Å². The van der Waals surface area contributed by atoms with Crippen LogP contribution in [0.25, 0.3) is 16.8 Å². The standard InChI is InChI=1S/C29H29N5O3/c1-19(2)15-26(28-31-12-13-32-28)33-29(37)25(16-27(35)36)23-11-14-34(18-23)24-9-7-22(8-10-24)21-5-3-20(17-30)4-6-21/h3-14,18-19,25-26H,15-16H2,1-2H3,(H,31,32)(H,33,37)(H,35,36)/t25?,26-/m0/s1. The highest BCUT2D eigenvalue weighted by molar-refractivity contribution is 5.88. The van der Waals surface area contributed by atoms with Crippen LogP contribution in [0.4, 0.5) is 0 Å². The van der Waals surface area contributed by atoms with Gasteiger partial charge in [-0.05, 0) is 59.4 Å². The molecule has 0 saturated heterocycles. The van der Waals surface area contributed by atoms with Gasteiger partial charge in [0.25, 0.3) is 0 Å². The third kappa shape index (κ3) is 6.33. The van der Waals surface area contributed by atoms with Gasteiger partial charge in [-0.3, -0.25) is 9.59 Å². The Labute approximate surface area is 215 Å². The molecule has 1 amide bonds. The van der Waals surface area contributed by atoms with E-state index in [-0.39, 0.29) is 18.4 Å². The van der Waals surface area contributed by atoms with Crippen molar-refractivity contribution in [3.63, 3.8) is 0 Å². The average molecular weight is 496 g/mol. The van der Waals surface area contributed by atoms with Crippen molar-refractivity contribution >= 4 is 11.9 Å². The van der Waals surface area contributed by atoms with Gasteiger partial charge in [-0.2, -0.15) is 5.26 Å². The van der Waals surface area contributed by atoms with Gasteiger partial charge in [-0.15, -0.1) is 0 Å². The first kappa shape index (κ1) is 25.5. The van der Waals surface area contributed by atoms with Gasteiger partial charge in [0.15, 0.2) is 0 Å². The van der Waals surface area contributed by atoms with Crippen LogP contribution in [0, 0.1) is 17.2 Å². The van der Waals surface area contributed by atoms with Crippen molar-refractivity contribution < 1.29 is 14.7 Å². The average Bonchev–Trinajstić information content (AvgIpc) is 3.60. The van der Waals surface area contributed by atoms with Crippen molar-refractivity contribution in [1.29, 1.82) is 5.26 Å². The number of carbonyl (C=O) groups is 2. The summed E-state index contributed by atoms with van der Waals surface area (Å²) in [7, 11) is 0. The van der Waals surface area contributed by atoms with E-state index in [2.05, 4.69) is 35.2 Å². The van der Waals surface area contributed by atoms with Gasteiger partial charge in [0.1, 0.15) is 5.82 Å². The summed E-state index contributed by atoms with van der Waals surface area (Å²) in [5.41, 5.74) is 4.13. The number of H-pyrrole nitrogens is 1. The van der Waals surface area contributed by atoms with E-state index in [0.29, 0.717) is 29.3 Å². The lowest BCUT2D eigenvalue weighted by Gasteiger charge is -2.22. The number of aliphatic carboxylic acids is 1. The molecular weight excluding hydrogens is 466 g/mol. The molecule has 2 aromatic carbocycles. The van der Waals surface area contributed by atoms with Crippen LogP contribution in [0.1, 0.15) is 55.6 Å². The number of nitriles is 1. The zero-order valence-electron chi connectivity index (χ0n) is 20.8. The molecule has 0 spiro atoms. The minimum absolute atomic E-state index is 0.307. The van der Waals surface area contributed by atoms with Crippen LogP contribution < -0.4 is 5.32 Å². The van der Waals surface area contributed by atoms with Crippen molar-refractivity contribution in [3.05, 3.63) is 96.3 Å². The molecule has 8 nitrogen and oxygen atoms in total. The number of rotatable bonds is 10. The first-order valence-electron chi connectivity index (χ1n) is 12.1. The summed E-state index contributed by atoms with van der Waals surface area (Å²) in [6, 6.07) is 18.8. The molecule has 0 saturated carbocycles. The Morgan fingerprint density at radius 1 is 1.08 bits per heavy atom. The largest absolute Gasteiger partial charge is 0.481 e. The fraction of sp³-hybridized carbons (Fsp3) is 0.241. The van der Waals surface area contributed by atoms with E-state index in [1.165, 1.54) is 0 Å². The number of imidazole rings is 1. The lowest BCUT2D eigenvalue weighted by atomic mass is 9.95. The Bertz CT molecular complexity index is 1380. The smallest absolute Gasteiger partial charge is 0.304 e. The molecule has 37 heavy (non-hydrogen) atoms. The molecule has 0 fully saturated rings. The zero-order valence-corrected chi connectivity index (χ0v) is 20.8. The molecule has 0 bridgehead atoms. The topological polar surface area (TPSA) is 124 Å². The molecule has 4 aromatic rings. The van der Waals surface area contributed by atoms with Gasteiger partial charge in [-0.25, -0.2) is 4.98 Å². The summed E-state index contributed by atoms with van der Waals surface area (Å²) in [6.45, 7) is 4.12. The van der Waals surface area contributed by atoms with E-state index >= 15 is 0 Å². The Morgan fingerprint density at radius 2 is 1.76 bits per heavy atom. The van der Waals surface area contributed by atoms with E-state index in [0.717, 1.165) is 16.8 Å². The molecule has 0 aliphatic heterocycles. The number of carboxylic acids is 1. The Kier molecular flexibility index (Phi) is 7.84. The number of carboxylic acid groups (broad SMARTS) is 1. The maximum Gasteiger partial charge on any atom is 0.304 e. The molecule has 2 aromatic heterocycles. The number of hydrogen-bond acceptors (Lipinski definition) is 4. The quantitative estimate of drug-likeness (QED) is 0.279. The lowest BCUT2D eigenvalue weighted by Crippen LogP contribution is -2.35. The van der Waals surface area contributed by atoms with E-state index in [1.54, 1.807) is 36.8 Å². The Balaban J connectivity index is 1.54. The van der Waals surface area contributed by atoms with Gasteiger partial charge in [0.05, 0.1) is 30.0 Å². The van der Waals surface area contributed by atoms with Gasteiger partial charge in [-0.1, -0.05) is 38.1 Å². The third-order valence-electron chi connectivity index (χ3n) is 6.20. The number of nitrogens with one attached hydrogen (secondary N) is 2. The van der Waals surface area contributed by atoms with Crippen molar-refractivity contribution in [2.75, 3.05) is 0 Å². The van der Waals surface area contributed by atoms with Crippen LogP contribution in [0.5, 0.6) is 0 Å². The van der Waals surface area contributed by atoms with E-state index in [1.807, 2.05) is 47.2 Å². The second-order valence-electron chi connectivity index (χ2n) is 9.40. The SMILES string of the molecule is CC(C)C[C@H](NC(=O)C(CC(=O)O)c1ccn(-c2ccc(-c3ccc(C#N)cc3)cc2)c1)c1ncc[nH]1.